The van der Waals surface area contributed by atoms with E-state index in [4.69, 9.17) is 4.74 Å². The van der Waals surface area contributed by atoms with E-state index in [1.807, 2.05) is 20.8 Å². The molecule has 0 aliphatic carbocycles. The molecule has 1 aromatic heterocycles. The number of piperidine rings is 1. The Morgan fingerprint density at radius 1 is 1.21 bits per heavy atom. The maximum atomic E-state index is 12.9. The number of aryl methyl sites for hydroxylation is 1. The van der Waals surface area contributed by atoms with Crippen LogP contribution in [0.3, 0.4) is 0 Å². The van der Waals surface area contributed by atoms with Gasteiger partial charge in [0.05, 0.1) is 5.92 Å². The SMILES string of the molecule is Cc1ccc2c(c1)c1c(n2CCNC(=O)C2CCCN(C(=O)OC(C)(C)C)C2)CCN(C)C1. The van der Waals surface area contributed by atoms with E-state index in [1.54, 1.807) is 4.90 Å². The summed E-state index contributed by atoms with van der Waals surface area (Å²) in [5, 5.41) is 4.48. The van der Waals surface area contributed by atoms with Gasteiger partial charge in [-0.15, -0.1) is 0 Å². The molecule has 2 aliphatic rings. The first-order valence-electron chi connectivity index (χ1n) is 12.2. The first-order valence-corrected chi connectivity index (χ1v) is 12.2. The molecule has 7 heteroatoms. The number of likely N-dealkylation sites (tertiary alicyclic amines) is 1. The van der Waals surface area contributed by atoms with Crippen LogP contribution in [-0.4, -0.2) is 65.2 Å². The summed E-state index contributed by atoms with van der Waals surface area (Å²) >= 11 is 0. The number of hydrogen-bond acceptors (Lipinski definition) is 4. The standard InChI is InChI=1S/C26H38N4O3/c1-18-8-9-22-20(15-18)21-17-28(5)13-10-23(21)30(22)14-11-27-24(31)19-7-6-12-29(16-19)25(32)33-26(2,3)4/h8-9,15,19H,6-7,10-14,16-17H2,1-5H3,(H,27,31). The lowest BCUT2D eigenvalue weighted by Crippen LogP contribution is -2.47. The van der Waals surface area contributed by atoms with Gasteiger partial charge in [0.2, 0.25) is 5.91 Å². The fourth-order valence-electron chi connectivity index (χ4n) is 5.07. The van der Waals surface area contributed by atoms with Crippen LogP contribution in [0.4, 0.5) is 4.79 Å². The molecule has 2 aliphatic heterocycles. The largest absolute Gasteiger partial charge is 0.444 e. The zero-order valence-corrected chi connectivity index (χ0v) is 20.7. The predicted molar refractivity (Wildman–Crippen MR) is 130 cm³/mol. The first-order chi connectivity index (χ1) is 15.6. The third-order valence-corrected chi connectivity index (χ3v) is 6.68. The van der Waals surface area contributed by atoms with Crippen LogP contribution in [0.25, 0.3) is 10.9 Å². The molecule has 0 saturated carbocycles. The number of likely N-dealkylation sites (N-methyl/N-ethyl adjacent to an activating group) is 1. The fourth-order valence-corrected chi connectivity index (χ4v) is 5.07. The molecular weight excluding hydrogens is 416 g/mol. The van der Waals surface area contributed by atoms with Crippen molar-refractivity contribution in [2.45, 2.75) is 65.6 Å². The van der Waals surface area contributed by atoms with E-state index in [1.165, 1.54) is 27.7 Å². The molecule has 2 aromatic rings. The van der Waals surface area contributed by atoms with Gasteiger partial charge >= 0.3 is 6.09 Å². The summed E-state index contributed by atoms with van der Waals surface area (Å²) in [6, 6.07) is 6.67. The monoisotopic (exact) mass is 454 g/mol. The van der Waals surface area contributed by atoms with Crippen molar-refractivity contribution in [3.63, 3.8) is 0 Å². The number of nitrogens with one attached hydrogen (secondary N) is 1. The topological polar surface area (TPSA) is 66.8 Å². The van der Waals surface area contributed by atoms with E-state index in [-0.39, 0.29) is 17.9 Å². The number of rotatable bonds is 4. The third kappa shape index (κ3) is 5.35. The number of fused-ring (bicyclic) bond motifs is 3. The molecule has 180 valence electrons. The lowest BCUT2D eigenvalue weighted by atomic mass is 9.97. The predicted octanol–water partition coefficient (Wildman–Crippen LogP) is 3.70. The summed E-state index contributed by atoms with van der Waals surface area (Å²) in [5.41, 5.74) is 4.82. The second-order valence-electron chi connectivity index (χ2n) is 10.6. The molecule has 3 heterocycles. The minimum absolute atomic E-state index is 0.0316. The molecule has 1 unspecified atom stereocenters. The number of benzene rings is 1. The van der Waals surface area contributed by atoms with E-state index in [9.17, 15) is 9.59 Å². The van der Waals surface area contributed by atoms with Crippen LogP contribution < -0.4 is 5.32 Å². The van der Waals surface area contributed by atoms with Gasteiger partial charge in [-0.2, -0.15) is 0 Å². The molecule has 1 N–H and O–H groups in total. The summed E-state index contributed by atoms with van der Waals surface area (Å²) in [4.78, 5) is 29.4. The molecule has 1 atom stereocenters. The summed E-state index contributed by atoms with van der Waals surface area (Å²) in [5.74, 6) is -0.151. The number of carbonyl (C=O) groups excluding carboxylic acids is 2. The van der Waals surface area contributed by atoms with Crippen LogP contribution in [-0.2, 0) is 29.0 Å². The molecule has 7 nitrogen and oxygen atoms in total. The van der Waals surface area contributed by atoms with E-state index in [2.05, 4.69) is 47.0 Å². The summed E-state index contributed by atoms with van der Waals surface area (Å²) in [6.45, 7) is 12.2. The van der Waals surface area contributed by atoms with Gasteiger partial charge in [0, 0.05) is 62.3 Å². The van der Waals surface area contributed by atoms with E-state index >= 15 is 0 Å². The van der Waals surface area contributed by atoms with Crippen LogP contribution >= 0.6 is 0 Å². The van der Waals surface area contributed by atoms with Crippen LogP contribution in [0.2, 0.25) is 0 Å². The Hall–Kier alpha value is -2.54. The van der Waals surface area contributed by atoms with Gasteiger partial charge in [0.1, 0.15) is 5.60 Å². The Balaban J connectivity index is 1.40. The van der Waals surface area contributed by atoms with Gasteiger partial charge in [0.15, 0.2) is 0 Å². The smallest absolute Gasteiger partial charge is 0.410 e. The number of nitrogens with zero attached hydrogens (tertiary/aromatic N) is 3. The molecule has 1 fully saturated rings. The average Bonchev–Trinajstić information content (AvgIpc) is 3.04. The maximum absolute atomic E-state index is 12.9. The van der Waals surface area contributed by atoms with Crippen molar-refractivity contribution in [3.05, 3.63) is 35.0 Å². The van der Waals surface area contributed by atoms with Crippen molar-refractivity contribution < 1.29 is 14.3 Å². The second kappa shape index (κ2) is 9.37. The van der Waals surface area contributed by atoms with Gasteiger partial charge in [-0.25, -0.2) is 4.79 Å². The maximum Gasteiger partial charge on any atom is 0.410 e. The van der Waals surface area contributed by atoms with E-state index in [0.29, 0.717) is 19.6 Å². The Bertz CT molecular complexity index is 1040. The highest BCUT2D eigenvalue weighted by atomic mass is 16.6. The van der Waals surface area contributed by atoms with Crippen molar-refractivity contribution in [3.8, 4) is 0 Å². The molecule has 1 aromatic carbocycles. The fraction of sp³-hybridized carbons (Fsp3) is 0.615. The quantitative estimate of drug-likeness (QED) is 0.765. The molecule has 0 spiro atoms. The van der Waals surface area contributed by atoms with Crippen molar-refractivity contribution in [2.24, 2.45) is 5.92 Å². The lowest BCUT2D eigenvalue weighted by molar-refractivity contribution is -0.126. The van der Waals surface area contributed by atoms with Gasteiger partial charge < -0.3 is 24.4 Å². The first kappa shape index (κ1) is 23.6. The number of aromatic nitrogens is 1. The third-order valence-electron chi connectivity index (χ3n) is 6.68. The molecule has 4 rings (SSSR count). The Kier molecular flexibility index (Phi) is 6.71. The van der Waals surface area contributed by atoms with Crippen LogP contribution in [0.1, 0.15) is 50.4 Å². The molecule has 0 bridgehead atoms. The van der Waals surface area contributed by atoms with E-state index < -0.39 is 5.60 Å². The second-order valence-corrected chi connectivity index (χ2v) is 10.6. The minimum atomic E-state index is -0.529. The van der Waals surface area contributed by atoms with Crippen molar-refractivity contribution >= 4 is 22.9 Å². The highest BCUT2D eigenvalue weighted by Crippen LogP contribution is 2.31. The highest BCUT2D eigenvalue weighted by molar-refractivity contribution is 5.86. The number of carbonyl (C=O) groups is 2. The Labute approximate surface area is 197 Å². The summed E-state index contributed by atoms with van der Waals surface area (Å²) < 4.78 is 7.89. The van der Waals surface area contributed by atoms with Crippen LogP contribution in [0.5, 0.6) is 0 Å². The number of ether oxygens (including phenoxy) is 1. The average molecular weight is 455 g/mol. The van der Waals surface area contributed by atoms with Gasteiger partial charge in [-0.3, -0.25) is 4.79 Å². The van der Waals surface area contributed by atoms with Crippen molar-refractivity contribution in [1.82, 2.24) is 19.7 Å². The Morgan fingerprint density at radius 3 is 2.76 bits per heavy atom. The summed E-state index contributed by atoms with van der Waals surface area (Å²) in [7, 11) is 2.17. The molecule has 1 saturated heterocycles. The zero-order chi connectivity index (χ0) is 23.8. The van der Waals surface area contributed by atoms with Crippen LogP contribution in [0, 0.1) is 12.8 Å². The zero-order valence-electron chi connectivity index (χ0n) is 20.7. The van der Waals surface area contributed by atoms with Gasteiger partial charge in [-0.05, 0) is 65.3 Å². The Morgan fingerprint density at radius 2 is 2.00 bits per heavy atom. The molecule has 0 radical (unpaired) electrons. The number of hydrogen-bond donors (Lipinski definition) is 1. The lowest BCUT2D eigenvalue weighted by Gasteiger charge is -2.33. The van der Waals surface area contributed by atoms with Crippen molar-refractivity contribution in [2.75, 3.05) is 33.2 Å². The van der Waals surface area contributed by atoms with E-state index in [0.717, 1.165) is 38.9 Å². The highest BCUT2D eigenvalue weighted by Gasteiger charge is 2.31. The molecule has 33 heavy (non-hydrogen) atoms. The minimum Gasteiger partial charge on any atom is -0.444 e. The van der Waals surface area contributed by atoms with Gasteiger partial charge in [0.25, 0.3) is 0 Å². The molecule has 2 amide bonds. The normalized spacial score (nSPS) is 19.4. The number of amides is 2. The van der Waals surface area contributed by atoms with Gasteiger partial charge in [-0.1, -0.05) is 11.6 Å². The summed E-state index contributed by atoms with van der Waals surface area (Å²) in [6.07, 6.45) is 2.32. The molecular formula is C26H38N4O3. The van der Waals surface area contributed by atoms with Crippen LogP contribution in [0.15, 0.2) is 18.2 Å². The van der Waals surface area contributed by atoms with Crippen molar-refractivity contribution in [1.29, 1.82) is 0 Å².